The molecule has 0 radical (unpaired) electrons. The number of ether oxygens (including phenoxy) is 1. The molecule has 0 aromatic heterocycles. The summed E-state index contributed by atoms with van der Waals surface area (Å²) in [5, 5.41) is 19.1. The maximum Gasteiger partial charge on any atom is 0.273 e. The summed E-state index contributed by atoms with van der Waals surface area (Å²) in [6.07, 6.45) is 0. The molecule has 0 aliphatic carbocycles. The molecule has 2 aromatic carbocycles. The van der Waals surface area contributed by atoms with E-state index in [4.69, 9.17) is 4.74 Å². The van der Waals surface area contributed by atoms with E-state index >= 15 is 0 Å². The van der Waals surface area contributed by atoms with E-state index in [0.29, 0.717) is 0 Å². The Morgan fingerprint density at radius 3 is 1.41 bits per heavy atom. The Hall–Kier alpha value is -4.12. The molecule has 0 saturated heterocycles. The lowest BCUT2D eigenvalue weighted by Gasteiger charge is -2.10. The van der Waals surface area contributed by atoms with E-state index < -0.39 is 36.8 Å². The largest absolute Gasteiger partial charge is 0.507 e. The molecule has 0 bridgehead atoms. The van der Waals surface area contributed by atoms with Crippen LogP contribution in [-0.4, -0.2) is 47.1 Å². The van der Waals surface area contributed by atoms with E-state index in [1.54, 1.807) is 0 Å². The number of amides is 4. The number of nitrogens with one attached hydrogen (secondary N) is 4. The molecule has 152 valence electrons. The van der Waals surface area contributed by atoms with Crippen LogP contribution < -0.4 is 21.7 Å². The topological polar surface area (TPSA) is 166 Å². The Balaban J connectivity index is 1.65. The SMILES string of the molecule is O=C(COCC(=O)NNC(=O)c1ccccc1O)NNC(=O)c1ccccc1O. The normalized spacial score (nSPS) is 9.93. The lowest BCUT2D eigenvalue weighted by molar-refractivity contribution is -0.131. The number of rotatable bonds is 6. The number of hydrogen-bond donors (Lipinski definition) is 6. The van der Waals surface area contributed by atoms with Crippen LogP contribution in [0.1, 0.15) is 20.7 Å². The molecule has 29 heavy (non-hydrogen) atoms. The van der Waals surface area contributed by atoms with Gasteiger partial charge in [-0.25, -0.2) is 0 Å². The maximum absolute atomic E-state index is 11.8. The molecule has 2 aromatic rings. The number of carbonyl (C=O) groups is 4. The lowest BCUT2D eigenvalue weighted by atomic mass is 10.2. The van der Waals surface area contributed by atoms with Crippen molar-refractivity contribution in [1.82, 2.24) is 21.7 Å². The smallest absolute Gasteiger partial charge is 0.273 e. The van der Waals surface area contributed by atoms with Crippen LogP contribution in [0.2, 0.25) is 0 Å². The summed E-state index contributed by atoms with van der Waals surface area (Å²) >= 11 is 0. The second-order valence-electron chi connectivity index (χ2n) is 5.53. The average Bonchev–Trinajstić information content (AvgIpc) is 2.71. The first-order valence-corrected chi connectivity index (χ1v) is 8.20. The fraction of sp³-hybridized carbons (Fsp3) is 0.111. The van der Waals surface area contributed by atoms with Gasteiger partial charge in [0.05, 0.1) is 11.1 Å². The number of hydrogen-bond acceptors (Lipinski definition) is 7. The van der Waals surface area contributed by atoms with Crippen molar-refractivity contribution in [1.29, 1.82) is 0 Å². The van der Waals surface area contributed by atoms with E-state index in [0.717, 1.165) is 0 Å². The summed E-state index contributed by atoms with van der Waals surface area (Å²) in [5.41, 5.74) is 8.21. The van der Waals surface area contributed by atoms with E-state index in [-0.39, 0.29) is 22.6 Å². The number of phenols is 2. The van der Waals surface area contributed by atoms with Gasteiger partial charge in [-0.3, -0.25) is 40.9 Å². The molecule has 6 N–H and O–H groups in total. The van der Waals surface area contributed by atoms with E-state index in [2.05, 4.69) is 21.7 Å². The van der Waals surface area contributed by atoms with Gasteiger partial charge in [0, 0.05) is 0 Å². The molecule has 0 saturated carbocycles. The zero-order chi connectivity index (χ0) is 21.2. The van der Waals surface area contributed by atoms with Crippen LogP contribution in [0.4, 0.5) is 0 Å². The zero-order valence-corrected chi connectivity index (χ0v) is 15.0. The van der Waals surface area contributed by atoms with Crippen LogP contribution in [0.25, 0.3) is 0 Å². The van der Waals surface area contributed by atoms with Crippen LogP contribution in [-0.2, 0) is 14.3 Å². The summed E-state index contributed by atoms with van der Waals surface area (Å²) in [5.74, 6) is -3.47. The van der Waals surface area contributed by atoms with Crippen molar-refractivity contribution >= 4 is 23.6 Å². The van der Waals surface area contributed by atoms with Crippen molar-refractivity contribution in [3.8, 4) is 11.5 Å². The quantitative estimate of drug-likeness (QED) is 0.349. The summed E-state index contributed by atoms with van der Waals surface area (Å²) < 4.78 is 4.86. The van der Waals surface area contributed by atoms with Crippen LogP contribution in [0, 0.1) is 0 Å². The Morgan fingerprint density at radius 1 is 0.655 bits per heavy atom. The molecular weight excluding hydrogens is 384 g/mol. The number of benzene rings is 2. The van der Waals surface area contributed by atoms with E-state index in [1.165, 1.54) is 48.5 Å². The van der Waals surface area contributed by atoms with Gasteiger partial charge in [-0.05, 0) is 24.3 Å². The third kappa shape index (κ3) is 6.52. The number of para-hydroxylation sites is 2. The Labute approximate surface area is 164 Å². The summed E-state index contributed by atoms with van der Waals surface area (Å²) in [7, 11) is 0. The monoisotopic (exact) mass is 402 g/mol. The van der Waals surface area contributed by atoms with Gasteiger partial charge in [0.2, 0.25) is 0 Å². The molecule has 11 nitrogen and oxygen atoms in total. The van der Waals surface area contributed by atoms with Gasteiger partial charge < -0.3 is 14.9 Å². The van der Waals surface area contributed by atoms with Gasteiger partial charge in [0.25, 0.3) is 23.6 Å². The van der Waals surface area contributed by atoms with E-state index in [9.17, 15) is 29.4 Å². The summed E-state index contributed by atoms with van der Waals surface area (Å²) in [6.45, 7) is -1.11. The first kappa shape index (κ1) is 21.2. The maximum atomic E-state index is 11.8. The second-order valence-corrected chi connectivity index (χ2v) is 5.53. The van der Waals surface area contributed by atoms with Crippen molar-refractivity contribution in [2.24, 2.45) is 0 Å². The van der Waals surface area contributed by atoms with Crippen LogP contribution in [0.5, 0.6) is 11.5 Å². The molecule has 0 heterocycles. The molecule has 0 fully saturated rings. The van der Waals surface area contributed by atoms with E-state index in [1.807, 2.05) is 0 Å². The highest BCUT2D eigenvalue weighted by Gasteiger charge is 2.13. The molecular formula is C18H18N4O7. The number of phenolic OH excluding ortho intramolecular Hbond substituents is 2. The van der Waals surface area contributed by atoms with Crippen LogP contribution in [0.15, 0.2) is 48.5 Å². The minimum Gasteiger partial charge on any atom is -0.507 e. The zero-order valence-electron chi connectivity index (χ0n) is 15.0. The third-order valence-electron chi connectivity index (χ3n) is 3.39. The fourth-order valence-corrected chi connectivity index (χ4v) is 2.03. The molecule has 2 rings (SSSR count). The highest BCUT2D eigenvalue weighted by Crippen LogP contribution is 2.15. The summed E-state index contributed by atoms with van der Waals surface area (Å²) in [6, 6.07) is 11.5. The Morgan fingerprint density at radius 2 is 1.03 bits per heavy atom. The first-order valence-electron chi connectivity index (χ1n) is 8.20. The lowest BCUT2D eigenvalue weighted by Crippen LogP contribution is -2.45. The highest BCUT2D eigenvalue weighted by atomic mass is 16.5. The average molecular weight is 402 g/mol. The van der Waals surface area contributed by atoms with Gasteiger partial charge in [-0.2, -0.15) is 0 Å². The predicted octanol–water partition coefficient (Wildman–Crippen LogP) is -0.663. The second kappa shape index (κ2) is 10.3. The molecule has 4 amide bonds. The fourth-order valence-electron chi connectivity index (χ4n) is 2.03. The van der Waals surface area contributed by atoms with Crippen molar-refractivity contribution in [3.63, 3.8) is 0 Å². The van der Waals surface area contributed by atoms with Gasteiger partial charge in [-0.1, -0.05) is 24.3 Å². The minimum absolute atomic E-state index is 0.0340. The van der Waals surface area contributed by atoms with Gasteiger partial charge in [0.1, 0.15) is 24.7 Å². The van der Waals surface area contributed by atoms with Crippen LogP contribution >= 0.6 is 0 Å². The first-order chi connectivity index (χ1) is 13.9. The highest BCUT2D eigenvalue weighted by molar-refractivity contribution is 5.98. The molecule has 0 unspecified atom stereocenters. The number of hydrazine groups is 2. The Kier molecular flexibility index (Phi) is 7.51. The van der Waals surface area contributed by atoms with Gasteiger partial charge >= 0.3 is 0 Å². The standard InChI is InChI=1S/C18H18N4O7/c23-13-7-3-1-5-11(13)17(27)21-19-15(25)9-29-10-16(26)20-22-18(28)12-6-2-4-8-14(12)24/h1-8,23-24H,9-10H2,(H,19,25)(H,20,26)(H,21,27)(H,22,28). The number of carbonyl (C=O) groups excluding carboxylic acids is 4. The molecule has 0 atom stereocenters. The predicted molar refractivity (Wildman–Crippen MR) is 98.3 cm³/mol. The number of aromatic hydroxyl groups is 2. The minimum atomic E-state index is -0.750. The van der Waals surface area contributed by atoms with Gasteiger partial charge in [0.15, 0.2) is 0 Å². The van der Waals surface area contributed by atoms with Crippen molar-refractivity contribution in [3.05, 3.63) is 59.7 Å². The van der Waals surface area contributed by atoms with Crippen molar-refractivity contribution in [2.75, 3.05) is 13.2 Å². The van der Waals surface area contributed by atoms with Crippen LogP contribution in [0.3, 0.4) is 0 Å². The molecule has 0 aliphatic heterocycles. The third-order valence-corrected chi connectivity index (χ3v) is 3.39. The van der Waals surface area contributed by atoms with Gasteiger partial charge in [-0.15, -0.1) is 0 Å². The van der Waals surface area contributed by atoms with Crippen molar-refractivity contribution < 1.29 is 34.1 Å². The molecule has 0 aliphatic rings. The molecule has 0 spiro atoms. The summed E-state index contributed by atoms with van der Waals surface area (Å²) in [4.78, 5) is 46.8. The Bertz CT molecular complexity index is 843. The molecule has 11 heteroatoms. The van der Waals surface area contributed by atoms with Crippen molar-refractivity contribution in [2.45, 2.75) is 0 Å².